The molecule has 8 heteroatoms. The van der Waals surface area contributed by atoms with E-state index in [1.807, 2.05) is 0 Å². The van der Waals surface area contributed by atoms with E-state index >= 15 is 0 Å². The molecule has 0 aliphatic carbocycles. The SMILES string of the molecule is Cc1cc(OCc2ccc(F)cc2F)c(Br)c(=O)n1-c1ccc(C(=O)O)cc1. The maximum atomic E-state index is 13.7. The highest BCUT2D eigenvalue weighted by Crippen LogP contribution is 2.25. The summed E-state index contributed by atoms with van der Waals surface area (Å²) in [5, 5.41) is 8.98. The zero-order valence-corrected chi connectivity index (χ0v) is 16.2. The standard InChI is InChI=1S/C20H14BrF2NO4/c1-11-8-17(28-10-13-2-5-14(22)9-16(13)23)18(21)19(25)24(11)15-6-3-12(4-7-15)20(26)27/h2-9H,10H2,1H3,(H,26,27). The van der Waals surface area contributed by atoms with E-state index in [1.165, 1.54) is 34.9 Å². The zero-order chi connectivity index (χ0) is 20.4. The Hall–Kier alpha value is -3.00. The molecule has 0 atom stereocenters. The Labute approximate surface area is 166 Å². The zero-order valence-electron chi connectivity index (χ0n) is 14.6. The summed E-state index contributed by atoms with van der Waals surface area (Å²) in [5.41, 5.74) is 0.863. The molecule has 1 heterocycles. The van der Waals surface area contributed by atoms with Crippen LogP contribution in [0.5, 0.6) is 5.75 Å². The van der Waals surface area contributed by atoms with Crippen LogP contribution in [0.4, 0.5) is 8.78 Å². The molecule has 0 spiro atoms. The van der Waals surface area contributed by atoms with Crippen molar-refractivity contribution in [2.75, 3.05) is 0 Å². The molecule has 3 aromatic rings. The van der Waals surface area contributed by atoms with Crippen LogP contribution in [-0.4, -0.2) is 15.6 Å². The summed E-state index contributed by atoms with van der Waals surface area (Å²) in [7, 11) is 0. The Balaban J connectivity index is 1.91. The number of hydrogen-bond donors (Lipinski definition) is 1. The molecule has 0 aliphatic rings. The van der Waals surface area contributed by atoms with Gasteiger partial charge in [-0.25, -0.2) is 13.6 Å². The molecule has 28 heavy (non-hydrogen) atoms. The van der Waals surface area contributed by atoms with Gasteiger partial charge in [0.2, 0.25) is 0 Å². The number of benzene rings is 2. The molecule has 2 aromatic carbocycles. The van der Waals surface area contributed by atoms with Crippen LogP contribution in [-0.2, 0) is 6.61 Å². The minimum absolute atomic E-state index is 0.106. The Morgan fingerprint density at radius 3 is 2.43 bits per heavy atom. The monoisotopic (exact) mass is 449 g/mol. The molecule has 0 bridgehead atoms. The number of hydrogen-bond acceptors (Lipinski definition) is 3. The van der Waals surface area contributed by atoms with Crippen LogP contribution >= 0.6 is 15.9 Å². The summed E-state index contributed by atoms with van der Waals surface area (Å²) in [6.07, 6.45) is 0. The fraction of sp³-hybridized carbons (Fsp3) is 0.100. The van der Waals surface area contributed by atoms with Crippen LogP contribution in [0.15, 0.2) is 57.8 Å². The van der Waals surface area contributed by atoms with Gasteiger partial charge < -0.3 is 9.84 Å². The molecule has 0 saturated carbocycles. The third-order valence-electron chi connectivity index (χ3n) is 4.07. The van der Waals surface area contributed by atoms with Crippen LogP contribution in [0.2, 0.25) is 0 Å². The first-order chi connectivity index (χ1) is 13.3. The number of aromatic nitrogens is 1. The number of carboxylic acids is 1. The van der Waals surface area contributed by atoms with Gasteiger partial charge in [-0.3, -0.25) is 9.36 Å². The molecule has 0 unspecified atom stereocenters. The van der Waals surface area contributed by atoms with Crippen molar-refractivity contribution >= 4 is 21.9 Å². The number of pyridine rings is 1. The van der Waals surface area contributed by atoms with Crippen molar-refractivity contribution in [1.82, 2.24) is 4.57 Å². The maximum absolute atomic E-state index is 13.7. The summed E-state index contributed by atoms with van der Waals surface area (Å²) in [6.45, 7) is 1.51. The second-order valence-corrected chi connectivity index (χ2v) is 6.77. The Kier molecular flexibility index (Phi) is 5.60. The van der Waals surface area contributed by atoms with Gasteiger partial charge >= 0.3 is 5.97 Å². The van der Waals surface area contributed by atoms with Gasteiger partial charge in [-0.1, -0.05) is 0 Å². The fourth-order valence-electron chi connectivity index (χ4n) is 2.65. The smallest absolute Gasteiger partial charge is 0.335 e. The van der Waals surface area contributed by atoms with E-state index in [1.54, 1.807) is 13.0 Å². The van der Waals surface area contributed by atoms with Crippen molar-refractivity contribution in [2.45, 2.75) is 13.5 Å². The number of aryl methyl sites for hydroxylation is 1. The van der Waals surface area contributed by atoms with Crippen LogP contribution < -0.4 is 10.3 Å². The first kappa shape index (κ1) is 19.8. The normalized spacial score (nSPS) is 10.7. The van der Waals surface area contributed by atoms with Crippen molar-refractivity contribution in [3.8, 4) is 11.4 Å². The first-order valence-corrected chi connectivity index (χ1v) is 8.90. The minimum Gasteiger partial charge on any atom is -0.487 e. The molecule has 0 saturated heterocycles. The van der Waals surface area contributed by atoms with Gasteiger partial charge in [0, 0.05) is 29.1 Å². The average Bonchev–Trinajstić information content (AvgIpc) is 2.65. The highest BCUT2D eigenvalue weighted by atomic mass is 79.9. The van der Waals surface area contributed by atoms with Crippen molar-refractivity contribution in [1.29, 1.82) is 0 Å². The Morgan fingerprint density at radius 1 is 1.14 bits per heavy atom. The molecule has 1 N–H and O–H groups in total. The van der Waals surface area contributed by atoms with Gasteiger partial charge in [0.05, 0.1) is 5.56 Å². The second kappa shape index (κ2) is 7.93. The van der Waals surface area contributed by atoms with Crippen molar-refractivity contribution < 1.29 is 23.4 Å². The Bertz CT molecular complexity index is 1110. The van der Waals surface area contributed by atoms with Gasteiger partial charge in [-0.05, 0) is 59.3 Å². The predicted molar refractivity (Wildman–Crippen MR) is 102 cm³/mol. The lowest BCUT2D eigenvalue weighted by molar-refractivity contribution is 0.0697. The van der Waals surface area contributed by atoms with Gasteiger partial charge in [-0.2, -0.15) is 0 Å². The summed E-state index contributed by atoms with van der Waals surface area (Å²) in [6, 6.07) is 10.6. The molecular formula is C20H14BrF2NO4. The van der Waals surface area contributed by atoms with Crippen molar-refractivity contribution in [3.05, 3.63) is 91.8 Å². The lowest BCUT2D eigenvalue weighted by Crippen LogP contribution is -2.22. The van der Waals surface area contributed by atoms with E-state index < -0.39 is 23.2 Å². The van der Waals surface area contributed by atoms with Crippen LogP contribution in [0.25, 0.3) is 5.69 Å². The van der Waals surface area contributed by atoms with Crippen molar-refractivity contribution in [2.24, 2.45) is 0 Å². The number of nitrogens with zero attached hydrogens (tertiary/aromatic N) is 1. The first-order valence-electron chi connectivity index (χ1n) is 8.10. The third-order valence-corrected chi connectivity index (χ3v) is 4.80. The number of aromatic carboxylic acids is 1. The van der Waals surface area contributed by atoms with E-state index in [0.29, 0.717) is 11.4 Å². The predicted octanol–water partition coefficient (Wildman–Crippen LogP) is 4.46. The molecule has 3 rings (SSSR count). The topological polar surface area (TPSA) is 68.5 Å². The van der Waals surface area contributed by atoms with E-state index in [0.717, 1.165) is 12.1 Å². The van der Waals surface area contributed by atoms with E-state index in [-0.39, 0.29) is 28.0 Å². The minimum atomic E-state index is -1.06. The molecule has 0 aliphatic heterocycles. The Morgan fingerprint density at radius 2 is 1.82 bits per heavy atom. The highest BCUT2D eigenvalue weighted by molar-refractivity contribution is 9.10. The summed E-state index contributed by atoms with van der Waals surface area (Å²) >= 11 is 3.20. The molecule has 144 valence electrons. The lowest BCUT2D eigenvalue weighted by atomic mass is 10.2. The fourth-order valence-corrected chi connectivity index (χ4v) is 3.06. The van der Waals surface area contributed by atoms with Gasteiger partial charge in [0.15, 0.2) is 0 Å². The average molecular weight is 450 g/mol. The number of rotatable bonds is 5. The largest absolute Gasteiger partial charge is 0.487 e. The molecule has 0 radical (unpaired) electrons. The van der Waals surface area contributed by atoms with Crippen LogP contribution in [0, 0.1) is 18.6 Å². The molecular weight excluding hydrogens is 436 g/mol. The van der Waals surface area contributed by atoms with E-state index in [9.17, 15) is 18.4 Å². The van der Waals surface area contributed by atoms with Gasteiger partial charge in [-0.15, -0.1) is 0 Å². The number of halogens is 3. The molecule has 0 fully saturated rings. The number of ether oxygens (including phenoxy) is 1. The van der Waals surface area contributed by atoms with Crippen LogP contribution in [0.3, 0.4) is 0 Å². The second-order valence-electron chi connectivity index (χ2n) is 5.98. The molecule has 5 nitrogen and oxygen atoms in total. The van der Waals surface area contributed by atoms with Gasteiger partial charge in [0.1, 0.15) is 28.5 Å². The van der Waals surface area contributed by atoms with Crippen LogP contribution in [0.1, 0.15) is 21.6 Å². The number of carbonyl (C=O) groups is 1. The quantitative estimate of drug-likeness (QED) is 0.623. The van der Waals surface area contributed by atoms with Crippen molar-refractivity contribution in [3.63, 3.8) is 0 Å². The third kappa shape index (κ3) is 3.96. The van der Waals surface area contributed by atoms with E-state index in [4.69, 9.17) is 9.84 Å². The summed E-state index contributed by atoms with van der Waals surface area (Å²) in [5.74, 6) is -2.27. The summed E-state index contributed by atoms with van der Waals surface area (Å²) in [4.78, 5) is 23.7. The molecule has 1 aromatic heterocycles. The molecule has 0 amide bonds. The lowest BCUT2D eigenvalue weighted by Gasteiger charge is -2.15. The highest BCUT2D eigenvalue weighted by Gasteiger charge is 2.15. The maximum Gasteiger partial charge on any atom is 0.335 e. The van der Waals surface area contributed by atoms with E-state index in [2.05, 4.69) is 15.9 Å². The summed E-state index contributed by atoms with van der Waals surface area (Å²) < 4.78 is 33.8. The number of carboxylic acid groups (broad SMARTS) is 1. The van der Waals surface area contributed by atoms with Gasteiger partial charge in [0.25, 0.3) is 5.56 Å².